The molecule has 1 heterocycles. The van der Waals surface area contributed by atoms with Crippen LogP contribution in [0.3, 0.4) is 0 Å². The number of carbonyl (C=O) groups excluding carboxylic acids is 1. The van der Waals surface area contributed by atoms with Gasteiger partial charge in [-0.1, -0.05) is 6.07 Å². The second-order valence-electron chi connectivity index (χ2n) is 2.90. The van der Waals surface area contributed by atoms with E-state index in [1.807, 2.05) is 0 Å². The minimum Gasteiger partial charge on any atom is -0.394 e. The number of aromatic nitrogens is 1. The smallest absolute Gasteiger partial charge is 0.270 e. The molecule has 0 saturated heterocycles. The molecule has 1 amide bonds. The van der Waals surface area contributed by atoms with Gasteiger partial charge in [-0.15, -0.1) is 0 Å². The van der Waals surface area contributed by atoms with Crippen LogP contribution in [-0.4, -0.2) is 28.6 Å². The van der Waals surface area contributed by atoms with Crippen LogP contribution >= 0.6 is 0 Å². The molecule has 1 aromatic rings. The van der Waals surface area contributed by atoms with E-state index in [4.69, 9.17) is 5.11 Å². The molecular formula is C9H11FN2O2. The molecule has 0 aliphatic rings. The molecule has 0 bridgehead atoms. The second-order valence-corrected chi connectivity index (χ2v) is 2.90. The van der Waals surface area contributed by atoms with E-state index in [9.17, 15) is 9.18 Å². The molecule has 4 nitrogen and oxygen atoms in total. The zero-order valence-electron chi connectivity index (χ0n) is 7.70. The molecule has 76 valence electrons. The fourth-order valence-corrected chi connectivity index (χ4v) is 0.878. The SMILES string of the molecule is C[C@H](CO)NC(=O)c1cccc(F)n1. The molecule has 0 radical (unpaired) electrons. The molecule has 1 atom stereocenters. The lowest BCUT2D eigenvalue weighted by Gasteiger charge is -2.09. The highest BCUT2D eigenvalue weighted by molar-refractivity contribution is 5.92. The summed E-state index contributed by atoms with van der Waals surface area (Å²) in [4.78, 5) is 14.7. The summed E-state index contributed by atoms with van der Waals surface area (Å²) >= 11 is 0. The number of pyridine rings is 1. The van der Waals surface area contributed by atoms with Gasteiger partial charge < -0.3 is 10.4 Å². The van der Waals surface area contributed by atoms with Crippen molar-refractivity contribution < 1.29 is 14.3 Å². The highest BCUT2D eigenvalue weighted by atomic mass is 19.1. The van der Waals surface area contributed by atoms with E-state index in [1.165, 1.54) is 12.1 Å². The third-order valence-electron chi connectivity index (χ3n) is 1.60. The summed E-state index contributed by atoms with van der Waals surface area (Å²) in [6, 6.07) is 3.60. The topological polar surface area (TPSA) is 62.2 Å². The van der Waals surface area contributed by atoms with Gasteiger partial charge in [-0.3, -0.25) is 4.79 Å². The lowest BCUT2D eigenvalue weighted by Crippen LogP contribution is -2.35. The number of hydrogen-bond donors (Lipinski definition) is 2. The van der Waals surface area contributed by atoms with Crippen LogP contribution in [0.1, 0.15) is 17.4 Å². The molecule has 14 heavy (non-hydrogen) atoms. The Kier molecular flexibility index (Phi) is 3.53. The number of aliphatic hydroxyl groups is 1. The van der Waals surface area contributed by atoms with E-state index in [2.05, 4.69) is 10.3 Å². The molecule has 0 fully saturated rings. The minimum absolute atomic E-state index is 0.00491. The largest absolute Gasteiger partial charge is 0.394 e. The lowest BCUT2D eigenvalue weighted by atomic mass is 10.3. The first-order valence-corrected chi connectivity index (χ1v) is 4.17. The molecule has 1 aromatic heterocycles. The number of hydrogen-bond acceptors (Lipinski definition) is 3. The molecular weight excluding hydrogens is 187 g/mol. The van der Waals surface area contributed by atoms with Crippen LogP contribution in [-0.2, 0) is 0 Å². The Hall–Kier alpha value is -1.49. The van der Waals surface area contributed by atoms with Gasteiger partial charge in [0.15, 0.2) is 0 Å². The molecule has 0 unspecified atom stereocenters. The van der Waals surface area contributed by atoms with Gasteiger partial charge in [-0.2, -0.15) is 4.39 Å². The second kappa shape index (κ2) is 4.66. The zero-order valence-corrected chi connectivity index (χ0v) is 7.70. The quantitative estimate of drug-likeness (QED) is 0.688. The van der Waals surface area contributed by atoms with Gasteiger partial charge in [0.1, 0.15) is 5.69 Å². The van der Waals surface area contributed by atoms with Gasteiger partial charge in [-0.25, -0.2) is 4.98 Å². The number of nitrogens with one attached hydrogen (secondary N) is 1. The van der Waals surface area contributed by atoms with Crippen molar-refractivity contribution in [2.75, 3.05) is 6.61 Å². The van der Waals surface area contributed by atoms with Crippen molar-refractivity contribution in [2.45, 2.75) is 13.0 Å². The molecule has 0 aromatic carbocycles. The minimum atomic E-state index is -0.700. The summed E-state index contributed by atoms with van der Waals surface area (Å²) in [5.74, 6) is -1.19. The van der Waals surface area contributed by atoms with Gasteiger partial charge >= 0.3 is 0 Å². The van der Waals surface area contributed by atoms with E-state index in [-0.39, 0.29) is 18.3 Å². The summed E-state index contributed by atoms with van der Waals surface area (Å²) < 4.78 is 12.6. The van der Waals surface area contributed by atoms with Crippen LogP contribution in [0, 0.1) is 5.95 Å². The lowest BCUT2D eigenvalue weighted by molar-refractivity contribution is 0.0916. The van der Waals surface area contributed by atoms with Crippen molar-refractivity contribution in [1.82, 2.24) is 10.3 Å². The van der Waals surface area contributed by atoms with Crippen molar-refractivity contribution in [2.24, 2.45) is 0 Å². The van der Waals surface area contributed by atoms with Gasteiger partial charge in [0.25, 0.3) is 5.91 Å². The predicted molar refractivity (Wildman–Crippen MR) is 48.2 cm³/mol. The molecule has 0 aliphatic carbocycles. The number of aliphatic hydroxyl groups excluding tert-OH is 1. The van der Waals surface area contributed by atoms with Gasteiger partial charge in [0.2, 0.25) is 5.95 Å². The number of halogens is 1. The first kappa shape index (κ1) is 10.6. The molecule has 0 saturated carbocycles. The normalized spacial score (nSPS) is 12.2. The van der Waals surface area contributed by atoms with Crippen LogP contribution in [0.15, 0.2) is 18.2 Å². The third kappa shape index (κ3) is 2.77. The average molecular weight is 198 g/mol. The van der Waals surface area contributed by atoms with Crippen molar-refractivity contribution in [3.63, 3.8) is 0 Å². The van der Waals surface area contributed by atoms with Crippen LogP contribution in [0.2, 0.25) is 0 Å². The van der Waals surface area contributed by atoms with E-state index in [0.717, 1.165) is 6.07 Å². The maximum absolute atomic E-state index is 12.6. The predicted octanol–water partition coefficient (Wildman–Crippen LogP) is 0.331. The summed E-state index contributed by atoms with van der Waals surface area (Å²) in [5.41, 5.74) is 0.00491. The summed E-state index contributed by atoms with van der Waals surface area (Å²) in [7, 11) is 0. The summed E-state index contributed by atoms with van der Waals surface area (Å²) in [6.07, 6.45) is 0. The Morgan fingerprint density at radius 1 is 1.71 bits per heavy atom. The summed E-state index contributed by atoms with van der Waals surface area (Å²) in [5, 5.41) is 11.1. The highest BCUT2D eigenvalue weighted by Gasteiger charge is 2.10. The van der Waals surface area contributed by atoms with Crippen LogP contribution in [0.4, 0.5) is 4.39 Å². The van der Waals surface area contributed by atoms with Crippen molar-refractivity contribution >= 4 is 5.91 Å². The standard InChI is InChI=1S/C9H11FN2O2/c1-6(5-13)11-9(14)7-3-2-4-8(10)12-7/h2-4,6,13H,5H2,1H3,(H,11,14)/t6-/m1/s1. The van der Waals surface area contributed by atoms with Gasteiger partial charge in [0, 0.05) is 6.04 Å². The van der Waals surface area contributed by atoms with Gasteiger partial charge in [0.05, 0.1) is 6.61 Å². The maximum Gasteiger partial charge on any atom is 0.270 e. The monoisotopic (exact) mass is 198 g/mol. The molecule has 2 N–H and O–H groups in total. The Morgan fingerprint density at radius 3 is 3.00 bits per heavy atom. The first-order chi connectivity index (χ1) is 6.63. The van der Waals surface area contributed by atoms with E-state index in [0.29, 0.717) is 0 Å². The number of nitrogens with zero attached hydrogens (tertiary/aromatic N) is 1. The van der Waals surface area contributed by atoms with Gasteiger partial charge in [-0.05, 0) is 19.1 Å². The molecule has 5 heteroatoms. The molecule has 1 rings (SSSR count). The highest BCUT2D eigenvalue weighted by Crippen LogP contribution is 1.98. The maximum atomic E-state index is 12.6. The molecule has 0 spiro atoms. The number of carbonyl (C=O) groups is 1. The average Bonchev–Trinajstić information content (AvgIpc) is 2.17. The Bertz CT molecular complexity index is 330. The van der Waals surface area contributed by atoms with Crippen molar-refractivity contribution in [3.8, 4) is 0 Å². The third-order valence-corrected chi connectivity index (χ3v) is 1.60. The van der Waals surface area contributed by atoms with E-state index >= 15 is 0 Å². The van der Waals surface area contributed by atoms with Crippen LogP contribution < -0.4 is 5.32 Å². The Labute approximate surface area is 80.8 Å². The zero-order chi connectivity index (χ0) is 10.6. The molecule has 0 aliphatic heterocycles. The van der Waals surface area contributed by atoms with E-state index < -0.39 is 11.9 Å². The Morgan fingerprint density at radius 2 is 2.43 bits per heavy atom. The number of rotatable bonds is 3. The summed E-state index contributed by atoms with van der Waals surface area (Å²) in [6.45, 7) is 1.47. The van der Waals surface area contributed by atoms with Crippen molar-refractivity contribution in [1.29, 1.82) is 0 Å². The fourth-order valence-electron chi connectivity index (χ4n) is 0.878. The van der Waals surface area contributed by atoms with Crippen LogP contribution in [0.25, 0.3) is 0 Å². The first-order valence-electron chi connectivity index (χ1n) is 4.17. The van der Waals surface area contributed by atoms with Crippen LogP contribution in [0.5, 0.6) is 0 Å². The number of amides is 1. The van der Waals surface area contributed by atoms with E-state index in [1.54, 1.807) is 6.92 Å². The van der Waals surface area contributed by atoms with Crippen molar-refractivity contribution in [3.05, 3.63) is 29.8 Å². The fraction of sp³-hybridized carbons (Fsp3) is 0.333. The Balaban J connectivity index is 2.70.